The molecule has 1 atom stereocenters. The van der Waals surface area contributed by atoms with E-state index in [2.05, 4.69) is 5.32 Å². The summed E-state index contributed by atoms with van der Waals surface area (Å²) in [5.41, 5.74) is 1.11. The molecule has 0 spiro atoms. The predicted molar refractivity (Wildman–Crippen MR) is 85.7 cm³/mol. The smallest absolute Gasteiger partial charge is 0.240 e. The molecule has 2 amide bonds. The molecule has 23 heavy (non-hydrogen) atoms. The first kappa shape index (κ1) is 16.0. The van der Waals surface area contributed by atoms with Gasteiger partial charge in [0.15, 0.2) is 0 Å². The van der Waals surface area contributed by atoms with Crippen molar-refractivity contribution in [1.82, 2.24) is 15.1 Å². The van der Waals surface area contributed by atoms with Crippen LogP contribution in [0.5, 0.6) is 0 Å². The van der Waals surface area contributed by atoms with E-state index in [1.165, 1.54) is 0 Å². The summed E-state index contributed by atoms with van der Waals surface area (Å²) in [6.45, 7) is 4.40. The molecule has 1 aromatic rings. The number of benzene rings is 1. The number of nitrogens with zero attached hydrogens (tertiary/aromatic N) is 2. The highest BCUT2D eigenvalue weighted by atomic mass is 16.5. The van der Waals surface area contributed by atoms with E-state index < -0.39 is 6.04 Å². The lowest BCUT2D eigenvalue weighted by Gasteiger charge is -2.34. The second-order valence-electron chi connectivity index (χ2n) is 5.95. The Kier molecular flexibility index (Phi) is 5.25. The largest absolute Gasteiger partial charge is 0.378 e. The molecule has 2 fully saturated rings. The van der Waals surface area contributed by atoms with Crippen LogP contribution in [-0.2, 0) is 20.9 Å². The lowest BCUT2D eigenvalue weighted by Crippen LogP contribution is -2.56. The second kappa shape index (κ2) is 7.57. The van der Waals surface area contributed by atoms with E-state index in [0.717, 1.165) is 12.1 Å². The third-order valence-corrected chi connectivity index (χ3v) is 4.34. The van der Waals surface area contributed by atoms with Crippen LogP contribution >= 0.6 is 0 Å². The van der Waals surface area contributed by atoms with Crippen LogP contribution in [0.4, 0.5) is 0 Å². The summed E-state index contributed by atoms with van der Waals surface area (Å²) < 4.78 is 5.26. The zero-order chi connectivity index (χ0) is 16.1. The molecule has 0 saturated carbocycles. The molecular weight excluding hydrogens is 294 g/mol. The average Bonchev–Trinajstić information content (AvgIpc) is 2.60. The van der Waals surface area contributed by atoms with Gasteiger partial charge in [0.2, 0.25) is 11.8 Å². The van der Waals surface area contributed by atoms with E-state index in [1.807, 2.05) is 35.2 Å². The monoisotopic (exact) mass is 317 g/mol. The van der Waals surface area contributed by atoms with Crippen LogP contribution in [0.1, 0.15) is 12.0 Å². The van der Waals surface area contributed by atoms with Gasteiger partial charge >= 0.3 is 0 Å². The first-order chi connectivity index (χ1) is 11.2. The van der Waals surface area contributed by atoms with Gasteiger partial charge in [-0.15, -0.1) is 0 Å². The van der Waals surface area contributed by atoms with Gasteiger partial charge in [0.1, 0.15) is 0 Å². The number of piperazine rings is 1. The highest BCUT2D eigenvalue weighted by Crippen LogP contribution is 2.12. The fourth-order valence-electron chi connectivity index (χ4n) is 3.03. The van der Waals surface area contributed by atoms with Gasteiger partial charge in [-0.3, -0.25) is 9.59 Å². The van der Waals surface area contributed by atoms with Gasteiger partial charge in [-0.1, -0.05) is 30.3 Å². The van der Waals surface area contributed by atoms with Crippen LogP contribution < -0.4 is 5.32 Å². The number of hydrogen-bond donors (Lipinski definition) is 1. The Morgan fingerprint density at radius 3 is 2.65 bits per heavy atom. The number of nitrogens with one attached hydrogen (secondary N) is 1. The quantitative estimate of drug-likeness (QED) is 0.864. The topological polar surface area (TPSA) is 61.9 Å². The summed E-state index contributed by atoms with van der Waals surface area (Å²) >= 11 is 0. The molecule has 2 aliphatic rings. The van der Waals surface area contributed by atoms with Crippen molar-refractivity contribution in [2.45, 2.75) is 19.0 Å². The molecule has 2 heterocycles. The summed E-state index contributed by atoms with van der Waals surface area (Å²) in [6.07, 6.45) is 0.226. The molecule has 0 aromatic heterocycles. The normalized spacial score (nSPS) is 22.3. The zero-order valence-electron chi connectivity index (χ0n) is 13.2. The van der Waals surface area contributed by atoms with Gasteiger partial charge in [-0.2, -0.15) is 0 Å². The summed E-state index contributed by atoms with van der Waals surface area (Å²) in [6, 6.07) is 9.53. The van der Waals surface area contributed by atoms with Crippen molar-refractivity contribution < 1.29 is 14.3 Å². The van der Waals surface area contributed by atoms with Gasteiger partial charge in [0.25, 0.3) is 0 Å². The first-order valence-corrected chi connectivity index (χ1v) is 8.15. The minimum atomic E-state index is -0.414. The number of carbonyl (C=O) groups excluding carboxylic acids is 2. The molecule has 0 aliphatic carbocycles. The Morgan fingerprint density at radius 1 is 1.17 bits per heavy atom. The molecule has 1 unspecified atom stereocenters. The molecule has 0 radical (unpaired) electrons. The number of amides is 2. The molecule has 0 bridgehead atoms. The molecule has 1 N–H and O–H groups in total. The predicted octanol–water partition coefficient (Wildman–Crippen LogP) is 0.236. The van der Waals surface area contributed by atoms with Crippen molar-refractivity contribution in [2.24, 2.45) is 0 Å². The molecule has 1 aromatic carbocycles. The molecular formula is C17H23N3O3. The summed E-state index contributed by atoms with van der Waals surface area (Å²) in [5.74, 6) is 0.0439. The van der Waals surface area contributed by atoms with E-state index in [-0.39, 0.29) is 18.2 Å². The van der Waals surface area contributed by atoms with Gasteiger partial charge in [-0.05, 0) is 5.56 Å². The SMILES string of the molecule is O=C(CC1NCCN(Cc2ccccc2)C1=O)N1CCOCC1. The Balaban J connectivity index is 1.57. The van der Waals surface area contributed by atoms with E-state index in [0.29, 0.717) is 39.4 Å². The fraction of sp³-hybridized carbons (Fsp3) is 0.529. The molecule has 6 heteroatoms. The molecule has 3 rings (SSSR count). The molecule has 6 nitrogen and oxygen atoms in total. The Morgan fingerprint density at radius 2 is 1.91 bits per heavy atom. The number of ether oxygens (including phenoxy) is 1. The first-order valence-electron chi connectivity index (χ1n) is 8.15. The minimum Gasteiger partial charge on any atom is -0.378 e. The average molecular weight is 317 g/mol. The van der Waals surface area contributed by atoms with Crippen molar-refractivity contribution in [3.05, 3.63) is 35.9 Å². The maximum Gasteiger partial charge on any atom is 0.240 e. The van der Waals surface area contributed by atoms with Crippen molar-refractivity contribution in [3.8, 4) is 0 Å². The number of carbonyl (C=O) groups is 2. The lowest BCUT2D eigenvalue weighted by molar-refractivity contribution is -0.143. The Labute approximate surface area is 136 Å². The molecule has 2 aliphatic heterocycles. The highest BCUT2D eigenvalue weighted by molar-refractivity contribution is 5.89. The molecule has 2 saturated heterocycles. The van der Waals surface area contributed by atoms with Crippen LogP contribution in [0, 0.1) is 0 Å². The fourth-order valence-corrected chi connectivity index (χ4v) is 3.03. The summed E-state index contributed by atoms with van der Waals surface area (Å²) in [5, 5.41) is 3.18. The van der Waals surface area contributed by atoms with E-state index >= 15 is 0 Å². The van der Waals surface area contributed by atoms with Crippen LogP contribution in [0.2, 0.25) is 0 Å². The second-order valence-corrected chi connectivity index (χ2v) is 5.95. The minimum absolute atomic E-state index is 0.0155. The number of hydrogen-bond acceptors (Lipinski definition) is 4. The standard InChI is InChI=1S/C17H23N3O3/c21-16(19-8-10-23-11-9-19)12-15-17(22)20(7-6-18-15)13-14-4-2-1-3-5-14/h1-5,15,18H,6-13H2. The Bertz CT molecular complexity index is 543. The van der Waals surface area contributed by atoms with Gasteiger partial charge in [0.05, 0.1) is 25.7 Å². The third-order valence-electron chi connectivity index (χ3n) is 4.34. The van der Waals surface area contributed by atoms with Crippen LogP contribution in [0.15, 0.2) is 30.3 Å². The van der Waals surface area contributed by atoms with E-state index in [1.54, 1.807) is 4.90 Å². The number of morpholine rings is 1. The van der Waals surface area contributed by atoms with Crippen LogP contribution in [0.3, 0.4) is 0 Å². The van der Waals surface area contributed by atoms with Crippen molar-refractivity contribution in [2.75, 3.05) is 39.4 Å². The summed E-state index contributed by atoms with van der Waals surface area (Å²) in [4.78, 5) is 28.6. The maximum absolute atomic E-state index is 12.6. The van der Waals surface area contributed by atoms with Crippen LogP contribution in [-0.4, -0.2) is 67.0 Å². The zero-order valence-corrected chi connectivity index (χ0v) is 13.2. The van der Waals surface area contributed by atoms with Crippen molar-refractivity contribution in [3.63, 3.8) is 0 Å². The van der Waals surface area contributed by atoms with Gasteiger partial charge < -0.3 is 19.9 Å². The van der Waals surface area contributed by atoms with Crippen LogP contribution in [0.25, 0.3) is 0 Å². The highest BCUT2D eigenvalue weighted by Gasteiger charge is 2.31. The Hall–Kier alpha value is -1.92. The third kappa shape index (κ3) is 4.09. The van der Waals surface area contributed by atoms with Gasteiger partial charge in [0, 0.05) is 32.7 Å². The summed E-state index contributed by atoms with van der Waals surface area (Å²) in [7, 11) is 0. The van der Waals surface area contributed by atoms with Gasteiger partial charge in [-0.25, -0.2) is 0 Å². The molecule has 124 valence electrons. The maximum atomic E-state index is 12.6. The van der Waals surface area contributed by atoms with E-state index in [4.69, 9.17) is 4.74 Å². The van der Waals surface area contributed by atoms with Crippen molar-refractivity contribution in [1.29, 1.82) is 0 Å². The van der Waals surface area contributed by atoms with E-state index in [9.17, 15) is 9.59 Å². The van der Waals surface area contributed by atoms with Crippen molar-refractivity contribution >= 4 is 11.8 Å². The lowest BCUT2D eigenvalue weighted by atomic mass is 10.1. The number of rotatable bonds is 4.